The maximum absolute atomic E-state index is 10.1. The average molecular weight is 161 g/mol. The molecular formula is C4H7N3O4. The number of aliphatic hydroxyl groups excluding tert-OH is 1. The number of aliphatic carboxylic acids is 1. The molecule has 62 valence electrons. The molecule has 0 heterocycles. The van der Waals surface area contributed by atoms with Crippen LogP contribution < -0.4 is 0 Å². The average Bonchev–Trinajstić information content (AvgIpc) is 1.97. The fraction of sp³-hybridized carbons (Fsp3) is 0.750. The summed E-state index contributed by atoms with van der Waals surface area (Å²) in [5.74, 6) is -1.38. The van der Waals surface area contributed by atoms with Gasteiger partial charge in [-0.25, -0.2) is 4.79 Å². The molecule has 2 N–H and O–H groups in total. The van der Waals surface area contributed by atoms with Crippen LogP contribution in [0.2, 0.25) is 0 Å². The van der Waals surface area contributed by atoms with Crippen LogP contribution in [0.4, 0.5) is 0 Å². The Labute approximate surface area is 61.8 Å². The highest BCUT2D eigenvalue weighted by atomic mass is 16.5. The molecule has 0 aliphatic heterocycles. The highest BCUT2D eigenvalue weighted by Crippen LogP contribution is 1.93. The standard InChI is InChI=1S/C4H7N3O4/c5-7-6-3(4(9)10)11-2-1-8/h3,8H,1-2H2,(H,9,10). The van der Waals surface area contributed by atoms with Crippen molar-refractivity contribution in [1.29, 1.82) is 0 Å². The molecule has 0 aromatic rings. The molecule has 0 spiro atoms. The second-order valence-electron chi connectivity index (χ2n) is 1.49. The molecule has 0 bridgehead atoms. The van der Waals surface area contributed by atoms with Gasteiger partial charge < -0.3 is 14.9 Å². The number of carbonyl (C=O) groups is 1. The van der Waals surface area contributed by atoms with Crippen LogP contribution in [0.3, 0.4) is 0 Å². The zero-order valence-corrected chi connectivity index (χ0v) is 5.54. The molecule has 11 heavy (non-hydrogen) atoms. The first-order valence-electron chi connectivity index (χ1n) is 2.72. The zero-order valence-electron chi connectivity index (χ0n) is 5.54. The first-order chi connectivity index (χ1) is 5.22. The third kappa shape index (κ3) is 4.15. The molecular weight excluding hydrogens is 154 g/mol. The van der Waals surface area contributed by atoms with Crippen molar-refractivity contribution in [3.05, 3.63) is 10.4 Å². The van der Waals surface area contributed by atoms with Gasteiger partial charge >= 0.3 is 5.97 Å². The monoisotopic (exact) mass is 161 g/mol. The van der Waals surface area contributed by atoms with Crippen molar-refractivity contribution in [1.82, 2.24) is 0 Å². The highest BCUT2D eigenvalue weighted by molar-refractivity contribution is 5.71. The van der Waals surface area contributed by atoms with Crippen molar-refractivity contribution in [3.8, 4) is 0 Å². The van der Waals surface area contributed by atoms with Crippen molar-refractivity contribution >= 4 is 5.97 Å². The smallest absolute Gasteiger partial charge is 0.339 e. The van der Waals surface area contributed by atoms with Crippen LogP contribution in [0.15, 0.2) is 5.11 Å². The summed E-state index contributed by atoms with van der Waals surface area (Å²) in [7, 11) is 0. The van der Waals surface area contributed by atoms with Crippen molar-refractivity contribution in [2.75, 3.05) is 13.2 Å². The fourth-order valence-electron chi connectivity index (χ4n) is 0.365. The molecule has 7 nitrogen and oxygen atoms in total. The van der Waals surface area contributed by atoms with Gasteiger partial charge in [-0.1, -0.05) is 5.11 Å². The molecule has 0 fully saturated rings. The van der Waals surface area contributed by atoms with Gasteiger partial charge in [0, 0.05) is 4.91 Å². The maximum Gasteiger partial charge on any atom is 0.339 e. The number of hydrogen-bond acceptors (Lipinski definition) is 4. The number of hydrogen-bond donors (Lipinski definition) is 2. The SMILES string of the molecule is [N-]=[N+]=NC(OCCO)C(=O)O. The molecule has 0 aromatic heterocycles. The summed E-state index contributed by atoms with van der Waals surface area (Å²) in [5.41, 5.74) is 7.84. The minimum atomic E-state index is -1.55. The molecule has 0 amide bonds. The van der Waals surface area contributed by atoms with Gasteiger partial charge in [-0.2, -0.15) is 0 Å². The van der Waals surface area contributed by atoms with Crippen molar-refractivity contribution in [2.45, 2.75) is 6.23 Å². The van der Waals surface area contributed by atoms with Crippen LogP contribution in [0.25, 0.3) is 10.4 Å². The largest absolute Gasteiger partial charge is 0.479 e. The van der Waals surface area contributed by atoms with Crippen LogP contribution in [-0.2, 0) is 9.53 Å². The van der Waals surface area contributed by atoms with E-state index < -0.39 is 12.2 Å². The van der Waals surface area contributed by atoms with Gasteiger partial charge in [-0.3, -0.25) is 0 Å². The van der Waals surface area contributed by atoms with Crippen LogP contribution in [-0.4, -0.2) is 35.6 Å². The highest BCUT2D eigenvalue weighted by Gasteiger charge is 2.14. The van der Waals surface area contributed by atoms with Gasteiger partial charge in [-0.15, -0.1) is 0 Å². The van der Waals surface area contributed by atoms with Gasteiger partial charge in [0.05, 0.1) is 13.2 Å². The Kier molecular flexibility index (Phi) is 4.83. The molecule has 0 saturated carbocycles. The topological polar surface area (TPSA) is 116 Å². The molecule has 0 aliphatic rings. The summed E-state index contributed by atoms with van der Waals surface area (Å²) in [6.45, 7) is -0.485. The lowest BCUT2D eigenvalue weighted by molar-refractivity contribution is -0.150. The second kappa shape index (κ2) is 5.48. The first-order valence-corrected chi connectivity index (χ1v) is 2.72. The lowest BCUT2D eigenvalue weighted by Gasteiger charge is -2.04. The summed E-state index contributed by atoms with van der Waals surface area (Å²) in [4.78, 5) is 12.4. The van der Waals surface area contributed by atoms with Gasteiger partial charge in [0.1, 0.15) is 0 Å². The van der Waals surface area contributed by atoms with E-state index in [1.54, 1.807) is 0 Å². The third-order valence-electron chi connectivity index (χ3n) is 0.735. The molecule has 0 aromatic carbocycles. The van der Waals surface area contributed by atoms with E-state index in [9.17, 15) is 4.79 Å². The molecule has 0 radical (unpaired) electrons. The number of carboxylic acids is 1. The van der Waals surface area contributed by atoms with E-state index in [2.05, 4.69) is 14.8 Å². The van der Waals surface area contributed by atoms with E-state index in [4.69, 9.17) is 15.7 Å². The van der Waals surface area contributed by atoms with E-state index in [0.717, 1.165) is 0 Å². The Morgan fingerprint density at radius 2 is 2.45 bits per heavy atom. The van der Waals surface area contributed by atoms with Crippen LogP contribution in [0, 0.1) is 0 Å². The first kappa shape index (κ1) is 9.70. The molecule has 7 heteroatoms. The quantitative estimate of drug-likeness (QED) is 0.327. The molecule has 1 unspecified atom stereocenters. The predicted molar refractivity (Wildman–Crippen MR) is 33.6 cm³/mol. The Bertz CT molecular complexity index is 174. The van der Waals surface area contributed by atoms with Crippen molar-refractivity contribution < 1.29 is 19.7 Å². The summed E-state index contributed by atoms with van der Waals surface area (Å²) in [6.07, 6.45) is -1.55. The maximum atomic E-state index is 10.1. The Hall–Kier alpha value is -1.30. The van der Waals surface area contributed by atoms with Gasteiger partial charge in [0.15, 0.2) is 0 Å². The Morgan fingerprint density at radius 3 is 2.82 bits per heavy atom. The summed E-state index contributed by atoms with van der Waals surface area (Å²) < 4.78 is 4.42. The number of azide groups is 1. The van der Waals surface area contributed by atoms with E-state index in [1.807, 2.05) is 0 Å². The lowest BCUT2D eigenvalue weighted by Crippen LogP contribution is -2.22. The molecule has 0 saturated heterocycles. The van der Waals surface area contributed by atoms with E-state index >= 15 is 0 Å². The zero-order chi connectivity index (χ0) is 8.69. The Balaban J connectivity index is 3.89. The van der Waals surface area contributed by atoms with Crippen LogP contribution in [0.5, 0.6) is 0 Å². The lowest BCUT2D eigenvalue weighted by atomic mass is 10.6. The molecule has 0 rings (SSSR count). The minimum Gasteiger partial charge on any atom is -0.479 e. The minimum absolute atomic E-state index is 0.171. The van der Waals surface area contributed by atoms with Crippen LogP contribution in [0.1, 0.15) is 0 Å². The van der Waals surface area contributed by atoms with E-state index in [1.165, 1.54) is 0 Å². The number of nitrogens with zero attached hydrogens (tertiary/aromatic N) is 3. The molecule has 0 aliphatic carbocycles. The molecule has 1 atom stereocenters. The van der Waals surface area contributed by atoms with Gasteiger partial charge in [0.2, 0.25) is 6.23 Å². The Morgan fingerprint density at radius 1 is 1.82 bits per heavy atom. The number of aliphatic hydroxyl groups is 1. The van der Waals surface area contributed by atoms with Gasteiger partial charge in [0.25, 0.3) is 0 Å². The van der Waals surface area contributed by atoms with E-state index in [0.29, 0.717) is 0 Å². The van der Waals surface area contributed by atoms with Gasteiger partial charge in [-0.05, 0) is 5.53 Å². The number of ether oxygens (including phenoxy) is 1. The summed E-state index contributed by atoms with van der Waals surface area (Å²) in [5, 5.41) is 19.3. The van der Waals surface area contributed by atoms with Crippen LogP contribution >= 0.6 is 0 Å². The second-order valence-corrected chi connectivity index (χ2v) is 1.49. The number of rotatable bonds is 5. The van der Waals surface area contributed by atoms with Crippen molar-refractivity contribution in [2.24, 2.45) is 5.11 Å². The number of carboxylic acid groups (broad SMARTS) is 1. The summed E-state index contributed by atoms with van der Waals surface area (Å²) in [6, 6.07) is 0. The fourth-order valence-corrected chi connectivity index (χ4v) is 0.365. The van der Waals surface area contributed by atoms with Crippen molar-refractivity contribution in [3.63, 3.8) is 0 Å². The predicted octanol–water partition coefficient (Wildman–Crippen LogP) is -0.284. The third-order valence-corrected chi connectivity index (χ3v) is 0.735. The normalized spacial score (nSPS) is 11.7. The summed E-state index contributed by atoms with van der Waals surface area (Å²) >= 11 is 0. The van der Waals surface area contributed by atoms with E-state index in [-0.39, 0.29) is 13.2 Å².